The highest BCUT2D eigenvalue weighted by molar-refractivity contribution is 6.29. The molecule has 118 valence electrons. The van der Waals surface area contributed by atoms with E-state index in [0.717, 1.165) is 13.0 Å². The molecule has 7 heteroatoms. The van der Waals surface area contributed by atoms with Gasteiger partial charge in [-0.3, -0.25) is 4.79 Å². The number of halogens is 1. The van der Waals surface area contributed by atoms with Gasteiger partial charge in [-0.1, -0.05) is 25.4 Å². The van der Waals surface area contributed by atoms with Crippen LogP contribution in [-0.4, -0.2) is 42.5 Å². The summed E-state index contributed by atoms with van der Waals surface area (Å²) in [6.45, 7) is 5.05. The lowest BCUT2D eigenvalue weighted by molar-refractivity contribution is 0.0924. The molecule has 0 aromatic carbocycles. The highest BCUT2D eigenvalue weighted by Gasteiger charge is 2.17. The van der Waals surface area contributed by atoms with Gasteiger partial charge in [0.15, 0.2) is 0 Å². The number of amides is 1. The highest BCUT2D eigenvalue weighted by Crippen LogP contribution is 2.14. The van der Waals surface area contributed by atoms with E-state index in [1.165, 1.54) is 6.07 Å². The number of nitrogens with two attached hydrogens (primary N) is 1. The molecule has 1 aromatic rings. The summed E-state index contributed by atoms with van der Waals surface area (Å²) in [5, 5.41) is 3.26. The van der Waals surface area contributed by atoms with E-state index in [-0.39, 0.29) is 17.1 Å². The second-order valence-electron chi connectivity index (χ2n) is 5.77. The zero-order valence-corrected chi connectivity index (χ0v) is 13.7. The third-order valence-corrected chi connectivity index (χ3v) is 3.07. The largest absolute Gasteiger partial charge is 0.348 e. The van der Waals surface area contributed by atoms with Crippen molar-refractivity contribution in [2.45, 2.75) is 26.3 Å². The van der Waals surface area contributed by atoms with Crippen molar-refractivity contribution in [1.82, 2.24) is 15.2 Å². The lowest BCUT2D eigenvalue weighted by Crippen LogP contribution is -2.42. The second kappa shape index (κ2) is 8.17. The molecule has 1 rings (SSSR count). The van der Waals surface area contributed by atoms with Crippen LogP contribution < -0.4 is 16.6 Å². The minimum absolute atomic E-state index is 0.0775. The van der Waals surface area contributed by atoms with E-state index in [1.54, 1.807) is 6.07 Å². The first-order chi connectivity index (χ1) is 9.81. The van der Waals surface area contributed by atoms with E-state index < -0.39 is 0 Å². The topological polar surface area (TPSA) is 83.3 Å². The summed E-state index contributed by atoms with van der Waals surface area (Å²) in [5.74, 6) is 5.99. The van der Waals surface area contributed by atoms with Crippen LogP contribution in [-0.2, 0) is 0 Å². The summed E-state index contributed by atoms with van der Waals surface area (Å²) in [6.07, 6.45) is 0.907. The number of anilines is 1. The van der Waals surface area contributed by atoms with Gasteiger partial charge in [0, 0.05) is 18.2 Å². The summed E-state index contributed by atoms with van der Waals surface area (Å²) in [5.41, 5.74) is 2.84. The number of rotatable bonds is 7. The molecule has 6 nitrogen and oxygen atoms in total. The Hall–Kier alpha value is -1.37. The number of likely N-dealkylation sites (N-methyl/N-ethyl adjacent to an activating group) is 1. The van der Waals surface area contributed by atoms with E-state index >= 15 is 0 Å². The fourth-order valence-corrected chi connectivity index (χ4v) is 2.37. The number of hydrogen-bond acceptors (Lipinski definition) is 5. The van der Waals surface area contributed by atoms with Gasteiger partial charge in [0.2, 0.25) is 0 Å². The Morgan fingerprint density at radius 1 is 1.43 bits per heavy atom. The Balaban J connectivity index is 2.83. The van der Waals surface area contributed by atoms with E-state index in [2.05, 4.69) is 34.5 Å². The van der Waals surface area contributed by atoms with Crippen LogP contribution in [0.5, 0.6) is 0 Å². The molecule has 21 heavy (non-hydrogen) atoms. The average Bonchev–Trinajstić information content (AvgIpc) is 2.36. The number of nitrogen functional groups attached to an aromatic ring is 1. The minimum Gasteiger partial charge on any atom is -0.348 e. The number of aromatic nitrogens is 1. The molecule has 0 radical (unpaired) electrons. The number of hydrogen-bond donors (Lipinski definition) is 3. The molecule has 0 spiro atoms. The van der Waals surface area contributed by atoms with Crippen LogP contribution in [0.2, 0.25) is 5.15 Å². The standard InChI is InChI=1S/C14H24ClN5O/c1-9(2)5-11(8-20(3)4)17-14(21)10-6-12(15)18-13(7-10)19-16/h6-7,9,11H,5,8,16H2,1-4H3,(H,17,21)(H,18,19). The molecule has 0 aliphatic carbocycles. The van der Waals surface area contributed by atoms with Crippen molar-refractivity contribution in [2.24, 2.45) is 11.8 Å². The number of nitrogens with zero attached hydrogens (tertiary/aromatic N) is 2. The summed E-state index contributed by atoms with van der Waals surface area (Å²) >= 11 is 5.88. The van der Waals surface area contributed by atoms with E-state index in [1.807, 2.05) is 14.1 Å². The Labute approximate surface area is 131 Å². The zero-order chi connectivity index (χ0) is 16.0. The molecule has 1 amide bonds. The lowest BCUT2D eigenvalue weighted by atomic mass is 10.0. The molecule has 1 aromatic heterocycles. The minimum atomic E-state index is -0.177. The molecule has 0 fully saturated rings. The van der Waals surface area contributed by atoms with Gasteiger partial charge in [0.05, 0.1) is 0 Å². The SMILES string of the molecule is CC(C)CC(CN(C)C)NC(=O)c1cc(Cl)nc(NN)c1. The van der Waals surface area contributed by atoms with Gasteiger partial charge < -0.3 is 15.6 Å². The van der Waals surface area contributed by atoms with E-state index in [4.69, 9.17) is 17.4 Å². The van der Waals surface area contributed by atoms with Gasteiger partial charge in [-0.05, 0) is 38.6 Å². The molecule has 4 N–H and O–H groups in total. The molecule has 1 unspecified atom stereocenters. The first-order valence-corrected chi connectivity index (χ1v) is 7.29. The molecule has 0 aliphatic heterocycles. The van der Waals surface area contributed by atoms with Crippen molar-refractivity contribution in [1.29, 1.82) is 0 Å². The molecule has 0 bridgehead atoms. The third kappa shape index (κ3) is 6.29. The number of pyridine rings is 1. The first kappa shape index (κ1) is 17.7. The summed E-state index contributed by atoms with van der Waals surface area (Å²) < 4.78 is 0. The molecule has 1 atom stereocenters. The zero-order valence-electron chi connectivity index (χ0n) is 13.0. The lowest BCUT2D eigenvalue weighted by Gasteiger charge is -2.24. The predicted molar refractivity (Wildman–Crippen MR) is 86.3 cm³/mol. The number of carbonyl (C=O) groups excluding carboxylic acids is 1. The number of hydrazine groups is 1. The molecular weight excluding hydrogens is 290 g/mol. The Kier molecular flexibility index (Phi) is 6.87. The smallest absolute Gasteiger partial charge is 0.251 e. The number of nitrogens with one attached hydrogen (secondary N) is 2. The second-order valence-corrected chi connectivity index (χ2v) is 6.16. The maximum absolute atomic E-state index is 12.4. The molecular formula is C14H24ClN5O. The van der Waals surface area contributed by atoms with Gasteiger partial charge in [0.1, 0.15) is 11.0 Å². The van der Waals surface area contributed by atoms with Crippen LogP contribution in [0.4, 0.5) is 5.82 Å². The highest BCUT2D eigenvalue weighted by atomic mass is 35.5. The molecule has 0 saturated heterocycles. The van der Waals surface area contributed by atoms with Crippen LogP contribution in [0.3, 0.4) is 0 Å². The van der Waals surface area contributed by atoms with Crippen LogP contribution in [0, 0.1) is 5.92 Å². The first-order valence-electron chi connectivity index (χ1n) is 6.91. The summed E-state index contributed by atoms with van der Waals surface area (Å²) in [4.78, 5) is 18.4. The molecule has 0 aliphatic rings. The summed E-state index contributed by atoms with van der Waals surface area (Å²) in [7, 11) is 3.97. The maximum atomic E-state index is 12.4. The fraction of sp³-hybridized carbons (Fsp3) is 0.571. The fourth-order valence-electron chi connectivity index (χ4n) is 2.16. The third-order valence-electron chi connectivity index (χ3n) is 2.88. The van der Waals surface area contributed by atoms with Crippen LogP contribution >= 0.6 is 11.6 Å². The Morgan fingerprint density at radius 2 is 2.10 bits per heavy atom. The van der Waals surface area contributed by atoms with Gasteiger partial charge in [0.25, 0.3) is 5.91 Å². The van der Waals surface area contributed by atoms with Gasteiger partial charge in [-0.15, -0.1) is 0 Å². The van der Waals surface area contributed by atoms with E-state index in [9.17, 15) is 4.79 Å². The van der Waals surface area contributed by atoms with Crippen LogP contribution in [0.25, 0.3) is 0 Å². The van der Waals surface area contributed by atoms with Gasteiger partial charge >= 0.3 is 0 Å². The van der Waals surface area contributed by atoms with Crippen LogP contribution in [0.1, 0.15) is 30.6 Å². The predicted octanol–water partition coefficient (Wildman–Crippen LogP) is 1.73. The van der Waals surface area contributed by atoms with Gasteiger partial charge in [-0.25, -0.2) is 10.8 Å². The molecule has 1 heterocycles. The normalized spacial score (nSPS) is 12.6. The number of carbonyl (C=O) groups is 1. The van der Waals surface area contributed by atoms with Crippen molar-refractivity contribution < 1.29 is 4.79 Å². The van der Waals surface area contributed by atoms with Crippen molar-refractivity contribution in [3.05, 3.63) is 22.8 Å². The maximum Gasteiger partial charge on any atom is 0.251 e. The van der Waals surface area contributed by atoms with E-state index in [0.29, 0.717) is 17.3 Å². The van der Waals surface area contributed by atoms with Crippen molar-refractivity contribution in [3.8, 4) is 0 Å². The Morgan fingerprint density at radius 3 is 2.62 bits per heavy atom. The van der Waals surface area contributed by atoms with Crippen molar-refractivity contribution in [3.63, 3.8) is 0 Å². The van der Waals surface area contributed by atoms with Crippen molar-refractivity contribution >= 4 is 23.3 Å². The Bertz CT molecular complexity index is 468. The average molecular weight is 314 g/mol. The summed E-state index contributed by atoms with van der Waals surface area (Å²) in [6, 6.07) is 3.18. The van der Waals surface area contributed by atoms with Gasteiger partial charge in [-0.2, -0.15) is 0 Å². The van der Waals surface area contributed by atoms with Crippen molar-refractivity contribution in [2.75, 3.05) is 26.1 Å². The van der Waals surface area contributed by atoms with Crippen LogP contribution in [0.15, 0.2) is 12.1 Å². The monoisotopic (exact) mass is 313 g/mol. The molecule has 0 saturated carbocycles. The quantitative estimate of drug-likeness (QED) is 0.405.